The number of phenolic OH excluding ortho intramolecular Hbond substituents is 2. The summed E-state index contributed by atoms with van der Waals surface area (Å²) in [5.74, 6) is -0.107. The molecule has 2 aromatic carbocycles. The Hall–Kier alpha value is -3.68. The van der Waals surface area contributed by atoms with Crippen molar-refractivity contribution >= 4 is 5.71 Å². The van der Waals surface area contributed by atoms with Crippen LogP contribution in [0.15, 0.2) is 56.6 Å². The third-order valence-corrected chi connectivity index (χ3v) is 4.58. The van der Waals surface area contributed by atoms with Gasteiger partial charge in [-0.2, -0.15) is 5.11 Å². The number of aromatic hydroxyl groups is 2. The van der Waals surface area contributed by atoms with Crippen molar-refractivity contribution in [2.24, 2.45) is 15.4 Å². The van der Waals surface area contributed by atoms with Gasteiger partial charge in [0.05, 0.1) is 17.0 Å². The predicted molar refractivity (Wildman–Crippen MR) is 101 cm³/mol. The Morgan fingerprint density at radius 3 is 2.52 bits per heavy atom. The van der Waals surface area contributed by atoms with E-state index in [1.807, 2.05) is 31.2 Å². The highest BCUT2D eigenvalue weighted by molar-refractivity contribution is 6.08. The van der Waals surface area contributed by atoms with Crippen molar-refractivity contribution in [3.63, 3.8) is 0 Å². The molecule has 0 spiro atoms. The zero-order chi connectivity index (χ0) is 19.0. The average molecular weight is 363 g/mol. The van der Waals surface area contributed by atoms with Crippen LogP contribution < -0.4 is 5.56 Å². The van der Waals surface area contributed by atoms with E-state index in [1.54, 1.807) is 6.07 Å². The number of hydrogen-bond donors (Lipinski definition) is 4. The van der Waals surface area contributed by atoms with Gasteiger partial charge in [-0.1, -0.05) is 31.2 Å². The second-order valence-electron chi connectivity index (χ2n) is 6.16. The zero-order valence-corrected chi connectivity index (χ0v) is 14.5. The van der Waals surface area contributed by atoms with Crippen molar-refractivity contribution in [3.8, 4) is 33.9 Å². The molecule has 0 atom stereocenters. The Balaban J connectivity index is 1.95. The van der Waals surface area contributed by atoms with Gasteiger partial charge in [-0.05, 0) is 28.8 Å². The Morgan fingerprint density at radius 1 is 1.04 bits per heavy atom. The van der Waals surface area contributed by atoms with E-state index in [2.05, 4.69) is 25.6 Å². The number of hydrogen-bond acceptors (Lipinski definition) is 6. The molecule has 0 bridgehead atoms. The maximum Gasteiger partial charge on any atom is 0.272 e. The third kappa shape index (κ3) is 2.80. The molecule has 3 aromatic rings. The topological polar surface area (TPSA) is 126 Å². The maximum absolute atomic E-state index is 12.6. The minimum atomic E-state index is -0.324. The summed E-state index contributed by atoms with van der Waals surface area (Å²) >= 11 is 0. The molecule has 1 aliphatic rings. The van der Waals surface area contributed by atoms with Gasteiger partial charge in [0.1, 0.15) is 18.0 Å². The average Bonchev–Trinajstić information content (AvgIpc) is 3.32. The van der Waals surface area contributed by atoms with Crippen LogP contribution in [0.5, 0.6) is 11.5 Å². The van der Waals surface area contributed by atoms with Gasteiger partial charge in [0.25, 0.3) is 5.56 Å². The quantitative estimate of drug-likeness (QED) is 0.568. The van der Waals surface area contributed by atoms with E-state index in [4.69, 9.17) is 0 Å². The number of nitrogens with one attached hydrogen (secondary N) is 2. The highest BCUT2D eigenvalue weighted by atomic mass is 16.3. The van der Waals surface area contributed by atoms with Crippen LogP contribution in [0, 0.1) is 0 Å². The highest BCUT2D eigenvalue weighted by Crippen LogP contribution is 2.38. The number of nitrogens with zero attached hydrogens (tertiary/aromatic N) is 3. The normalized spacial score (nSPS) is 13.1. The van der Waals surface area contributed by atoms with E-state index in [0.29, 0.717) is 46.6 Å². The van der Waals surface area contributed by atoms with E-state index in [1.165, 1.54) is 6.07 Å². The Labute approximate surface area is 153 Å². The van der Waals surface area contributed by atoms with Crippen LogP contribution in [0.25, 0.3) is 22.4 Å². The van der Waals surface area contributed by atoms with Crippen LogP contribution in [0.2, 0.25) is 0 Å². The van der Waals surface area contributed by atoms with Crippen molar-refractivity contribution in [2.75, 3.05) is 6.54 Å². The molecule has 0 amide bonds. The number of aromatic amines is 2. The first kappa shape index (κ1) is 16.8. The molecule has 4 N–H and O–H groups in total. The molecule has 136 valence electrons. The summed E-state index contributed by atoms with van der Waals surface area (Å²) < 4.78 is 0. The number of rotatable bonds is 4. The summed E-state index contributed by atoms with van der Waals surface area (Å²) in [6.07, 6.45) is 0.583. The van der Waals surface area contributed by atoms with E-state index >= 15 is 0 Å². The van der Waals surface area contributed by atoms with Crippen LogP contribution in [0.3, 0.4) is 0 Å². The molecule has 0 aliphatic carbocycles. The molecule has 0 fully saturated rings. The van der Waals surface area contributed by atoms with Gasteiger partial charge in [-0.25, -0.2) is 0 Å². The van der Waals surface area contributed by atoms with Gasteiger partial charge >= 0.3 is 0 Å². The van der Waals surface area contributed by atoms with E-state index in [-0.39, 0.29) is 17.1 Å². The van der Waals surface area contributed by atoms with Gasteiger partial charge < -0.3 is 10.2 Å². The monoisotopic (exact) mass is 363 g/mol. The summed E-state index contributed by atoms with van der Waals surface area (Å²) in [7, 11) is 0. The van der Waals surface area contributed by atoms with E-state index < -0.39 is 0 Å². The lowest BCUT2D eigenvalue weighted by atomic mass is 9.93. The molecule has 8 nitrogen and oxygen atoms in total. The van der Waals surface area contributed by atoms with Crippen LogP contribution >= 0.6 is 0 Å². The van der Waals surface area contributed by atoms with Gasteiger partial charge in [0.2, 0.25) is 0 Å². The molecule has 2 heterocycles. The summed E-state index contributed by atoms with van der Waals surface area (Å²) in [6.45, 7) is 2.25. The SMILES string of the molecule is CCc1cc(-c2[nH][nH]c(=O)c2-c2ccccc2C2=NN=NC2)c(O)cc1O. The minimum absolute atomic E-state index is 0.0158. The molecule has 27 heavy (non-hydrogen) atoms. The van der Waals surface area contributed by atoms with E-state index in [0.717, 1.165) is 5.56 Å². The van der Waals surface area contributed by atoms with E-state index in [9.17, 15) is 15.0 Å². The molecular weight excluding hydrogens is 346 g/mol. The minimum Gasteiger partial charge on any atom is -0.508 e. The van der Waals surface area contributed by atoms with Crippen molar-refractivity contribution in [3.05, 3.63) is 57.9 Å². The summed E-state index contributed by atoms with van der Waals surface area (Å²) in [4.78, 5) is 12.6. The number of aromatic nitrogens is 2. The molecule has 0 saturated heterocycles. The molecule has 0 radical (unpaired) electrons. The summed E-state index contributed by atoms with van der Waals surface area (Å²) in [5, 5.41) is 37.4. The van der Waals surface area contributed by atoms with Crippen molar-refractivity contribution in [1.82, 2.24) is 10.2 Å². The van der Waals surface area contributed by atoms with Crippen LogP contribution in [0.1, 0.15) is 18.1 Å². The van der Waals surface area contributed by atoms with Gasteiger partial charge in [0, 0.05) is 17.2 Å². The standard InChI is InChI=1S/C19H17N5O3/c1-2-10-7-13(16(26)8-15(10)25)18-17(19(27)23-22-18)12-6-4-3-5-11(12)14-9-20-24-21-14/h3-8,25-26H,2,9H2,1H3,(H2,22,23,27). The Morgan fingerprint density at radius 2 is 1.81 bits per heavy atom. The maximum atomic E-state index is 12.6. The van der Waals surface area contributed by atoms with Crippen molar-refractivity contribution < 1.29 is 10.2 Å². The van der Waals surface area contributed by atoms with Gasteiger partial charge in [-0.3, -0.25) is 15.0 Å². The number of benzene rings is 2. The summed E-state index contributed by atoms with van der Waals surface area (Å²) in [5.41, 5.74) is 3.67. The zero-order valence-electron chi connectivity index (χ0n) is 14.5. The fourth-order valence-electron chi connectivity index (χ4n) is 3.23. The molecule has 0 unspecified atom stereocenters. The largest absolute Gasteiger partial charge is 0.508 e. The highest BCUT2D eigenvalue weighted by Gasteiger charge is 2.22. The number of aryl methyl sites for hydroxylation is 1. The van der Waals surface area contributed by atoms with Crippen LogP contribution in [-0.2, 0) is 6.42 Å². The van der Waals surface area contributed by atoms with Crippen LogP contribution in [-0.4, -0.2) is 32.7 Å². The molecule has 8 heteroatoms. The Bertz CT molecular complexity index is 1140. The molecule has 1 aliphatic heterocycles. The van der Waals surface area contributed by atoms with Crippen molar-refractivity contribution in [1.29, 1.82) is 0 Å². The Kier molecular flexibility index (Phi) is 4.08. The first-order valence-electron chi connectivity index (χ1n) is 8.49. The lowest BCUT2D eigenvalue weighted by Gasteiger charge is -2.11. The van der Waals surface area contributed by atoms with Crippen molar-refractivity contribution in [2.45, 2.75) is 13.3 Å². The smallest absolute Gasteiger partial charge is 0.272 e. The van der Waals surface area contributed by atoms with Gasteiger partial charge in [0.15, 0.2) is 0 Å². The molecule has 1 aromatic heterocycles. The fraction of sp³-hybridized carbons (Fsp3) is 0.158. The summed E-state index contributed by atoms with van der Waals surface area (Å²) in [6, 6.07) is 10.3. The molecular formula is C19H17N5O3. The third-order valence-electron chi connectivity index (χ3n) is 4.58. The fourth-order valence-corrected chi connectivity index (χ4v) is 3.23. The first-order chi connectivity index (χ1) is 13.1. The first-order valence-corrected chi connectivity index (χ1v) is 8.49. The molecule has 4 rings (SSSR count). The second-order valence-corrected chi connectivity index (χ2v) is 6.16. The number of phenols is 2. The van der Waals surface area contributed by atoms with Crippen LogP contribution in [0.4, 0.5) is 0 Å². The lowest BCUT2D eigenvalue weighted by Crippen LogP contribution is -2.08. The van der Waals surface area contributed by atoms with Gasteiger partial charge in [-0.15, -0.1) is 5.10 Å². The predicted octanol–water partition coefficient (Wildman–Crippen LogP) is 3.18. The second kappa shape index (κ2) is 6.56. The molecule has 0 saturated carbocycles. The lowest BCUT2D eigenvalue weighted by molar-refractivity contribution is 0.447. The number of H-pyrrole nitrogens is 2.